The topological polar surface area (TPSA) is 87.5 Å². The number of nitrogens with one attached hydrogen (secondary N) is 2. The molecule has 2 heterocycles. The maximum absolute atomic E-state index is 12.3. The third-order valence-electron chi connectivity index (χ3n) is 4.87. The van der Waals surface area contributed by atoms with Gasteiger partial charge >= 0.3 is 0 Å². The van der Waals surface area contributed by atoms with E-state index in [2.05, 4.69) is 44.7 Å². The number of hydrogen-bond donors (Lipinski definition) is 2. The Morgan fingerprint density at radius 2 is 1.93 bits per heavy atom. The zero-order valence-electron chi connectivity index (χ0n) is 17.4. The lowest BCUT2D eigenvalue weighted by atomic mass is 10.1. The number of carbonyl (C=O) groups is 1. The number of aromatic nitrogens is 4. The number of anilines is 1. The summed E-state index contributed by atoms with van der Waals surface area (Å²) < 4.78 is 1.73. The highest BCUT2D eigenvalue weighted by molar-refractivity contribution is 5.94. The van der Waals surface area contributed by atoms with Crippen LogP contribution in [0.5, 0.6) is 0 Å². The van der Waals surface area contributed by atoms with Crippen LogP contribution in [-0.2, 0) is 6.42 Å². The molecule has 154 valence electrons. The molecule has 3 aromatic rings. The van der Waals surface area contributed by atoms with Gasteiger partial charge in [0.25, 0.3) is 5.91 Å². The number of amides is 1. The quantitative estimate of drug-likeness (QED) is 0.547. The Balaban J connectivity index is 1.57. The van der Waals surface area contributed by atoms with Gasteiger partial charge in [-0.1, -0.05) is 31.5 Å². The average molecular weight is 396 g/mol. The van der Waals surface area contributed by atoms with E-state index in [4.69, 9.17) is 0 Å². The Morgan fingerprint density at radius 3 is 2.69 bits per heavy atom. The Morgan fingerprint density at radius 1 is 1.10 bits per heavy atom. The zero-order valence-corrected chi connectivity index (χ0v) is 17.4. The van der Waals surface area contributed by atoms with Gasteiger partial charge in [0.05, 0.1) is 0 Å². The summed E-state index contributed by atoms with van der Waals surface area (Å²) in [5, 5.41) is 19.3. The van der Waals surface area contributed by atoms with Gasteiger partial charge in [0.2, 0.25) is 0 Å². The van der Waals surface area contributed by atoms with E-state index < -0.39 is 0 Å². The van der Waals surface area contributed by atoms with Crippen LogP contribution in [0, 0.1) is 6.92 Å². The molecule has 0 aliphatic rings. The van der Waals surface area contributed by atoms with Gasteiger partial charge in [-0.25, -0.2) is 0 Å². The zero-order chi connectivity index (χ0) is 20.6. The van der Waals surface area contributed by atoms with Gasteiger partial charge in [0, 0.05) is 31.6 Å². The van der Waals surface area contributed by atoms with Crippen molar-refractivity contribution in [1.29, 1.82) is 0 Å². The van der Waals surface area contributed by atoms with Gasteiger partial charge in [-0.15, -0.1) is 15.3 Å². The number of fused-ring (bicyclic) bond motifs is 1. The van der Waals surface area contributed by atoms with Crippen molar-refractivity contribution < 1.29 is 4.79 Å². The van der Waals surface area contributed by atoms with Crippen molar-refractivity contribution in [2.45, 2.75) is 27.2 Å². The molecule has 1 aromatic carbocycles. The van der Waals surface area contributed by atoms with Crippen molar-refractivity contribution >= 4 is 17.4 Å². The molecular formula is C21H29N7O. The standard InChI is InChI=1S/C21H29N7O/c1-4-27(5-2)14-13-22-18-9-10-19-24-25-20(28(19)26-18)11-12-23-21(29)17-8-6-7-16(3)15-17/h6-10,15H,4-5,11-14H2,1-3H3,(H,22,26)(H,23,29). The molecule has 2 aromatic heterocycles. The van der Waals surface area contributed by atoms with Crippen LogP contribution in [0.3, 0.4) is 0 Å². The Labute approximate surface area is 171 Å². The molecule has 29 heavy (non-hydrogen) atoms. The predicted octanol–water partition coefficient (Wildman–Crippen LogP) is 2.16. The van der Waals surface area contributed by atoms with Crippen molar-refractivity contribution in [3.05, 3.63) is 53.3 Å². The maximum atomic E-state index is 12.3. The van der Waals surface area contributed by atoms with Crippen LogP contribution in [0.25, 0.3) is 5.65 Å². The smallest absolute Gasteiger partial charge is 0.251 e. The second-order valence-electron chi connectivity index (χ2n) is 6.93. The monoisotopic (exact) mass is 395 g/mol. The fourth-order valence-electron chi connectivity index (χ4n) is 3.14. The molecule has 3 rings (SSSR count). The molecule has 1 amide bonds. The second kappa shape index (κ2) is 9.97. The lowest BCUT2D eigenvalue weighted by molar-refractivity contribution is 0.0954. The van der Waals surface area contributed by atoms with Crippen LogP contribution in [-0.4, -0.2) is 63.3 Å². The van der Waals surface area contributed by atoms with E-state index >= 15 is 0 Å². The summed E-state index contributed by atoms with van der Waals surface area (Å²) in [6.07, 6.45) is 0.550. The summed E-state index contributed by atoms with van der Waals surface area (Å²) in [6.45, 7) is 10.6. The number of nitrogens with zero attached hydrogens (tertiary/aromatic N) is 5. The first-order valence-electron chi connectivity index (χ1n) is 10.1. The average Bonchev–Trinajstić information content (AvgIpc) is 3.13. The van der Waals surface area contributed by atoms with Crippen LogP contribution in [0.15, 0.2) is 36.4 Å². The summed E-state index contributed by atoms with van der Waals surface area (Å²) in [5.74, 6) is 1.42. The Bertz CT molecular complexity index is 949. The molecule has 0 aliphatic carbocycles. The number of carbonyl (C=O) groups excluding carboxylic acids is 1. The number of likely N-dealkylation sites (N-methyl/N-ethyl adjacent to an activating group) is 1. The minimum atomic E-state index is -0.0887. The third kappa shape index (κ3) is 5.51. The molecule has 0 aliphatic heterocycles. The first-order chi connectivity index (χ1) is 14.1. The van der Waals surface area contributed by atoms with E-state index in [0.717, 1.165) is 43.4 Å². The van der Waals surface area contributed by atoms with E-state index in [9.17, 15) is 4.79 Å². The van der Waals surface area contributed by atoms with Crippen molar-refractivity contribution in [1.82, 2.24) is 30.0 Å². The first-order valence-corrected chi connectivity index (χ1v) is 10.1. The van der Waals surface area contributed by atoms with Gasteiger partial charge in [0.15, 0.2) is 11.5 Å². The summed E-state index contributed by atoms with van der Waals surface area (Å²) in [5.41, 5.74) is 2.42. The van der Waals surface area contributed by atoms with Crippen molar-refractivity contribution in [2.75, 3.05) is 38.0 Å². The molecule has 0 saturated heterocycles. The largest absolute Gasteiger partial charge is 0.367 e. The summed E-state index contributed by atoms with van der Waals surface area (Å²) >= 11 is 0. The number of aryl methyl sites for hydroxylation is 1. The van der Waals surface area contributed by atoms with E-state index in [-0.39, 0.29) is 5.91 Å². The summed E-state index contributed by atoms with van der Waals surface area (Å²) in [7, 11) is 0. The van der Waals surface area contributed by atoms with Crippen molar-refractivity contribution in [2.24, 2.45) is 0 Å². The highest BCUT2D eigenvalue weighted by Crippen LogP contribution is 2.08. The molecule has 2 N–H and O–H groups in total. The predicted molar refractivity (Wildman–Crippen MR) is 114 cm³/mol. The lowest BCUT2D eigenvalue weighted by Gasteiger charge is -2.18. The van der Waals surface area contributed by atoms with E-state index in [1.165, 1.54) is 0 Å². The van der Waals surface area contributed by atoms with Gasteiger partial charge in [-0.05, 0) is 44.3 Å². The number of hydrogen-bond acceptors (Lipinski definition) is 6. The van der Waals surface area contributed by atoms with Gasteiger partial charge < -0.3 is 15.5 Å². The second-order valence-corrected chi connectivity index (χ2v) is 6.93. The van der Waals surface area contributed by atoms with Gasteiger partial charge in [-0.3, -0.25) is 4.79 Å². The van der Waals surface area contributed by atoms with Gasteiger partial charge in [0.1, 0.15) is 5.82 Å². The summed E-state index contributed by atoms with van der Waals surface area (Å²) in [6, 6.07) is 11.4. The molecule has 0 atom stereocenters. The molecule has 0 saturated carbocycles. The fourth-order valence-corrected chi connectivity index (χ4v) is 3.14. The van der Waals surface area contributed by atoms with Crippen LogP contribution in [0.4, 0.5) is 5.82 Å². The molecule has 0 bridgehead atoms. The molecule has 8 heteroatoms. The number of benzene rings is 1. The molecular weight excluding hydrogens is 366 g/mol. The Hall–Kier alpha value is -3.00. The molecule has 0 spiro atoms. The van der Waals surface area contributed by atoms with E-state index in [1.807, 2.05) is 43.3 Å². The van der Waals surface area contributed by atoms with Crippen molar-refractivity contribution in [3.8, 4) is 0 Å². The molecule has 0 radical (unpaired) electrons. The van der Waals surface area contributed by atoms with Crippen molar-refractivity contribution in [3.63, 3.8) is 0 Å². The highest BCUT2D eigenvalue weighted by Gasteiger charge is 2.10. The van der Waals surface area contributed by atoms with Crippen LogP contribution in [0.2, 0.25) is 0 Å². The molecule has 0 fully saturated rings. The van der Waals surface area contributed by atoms with Gasteiger partial charge in [-0.2, -0.15) is 4.52 Å². The molecule has 8 nitrogen and oxygen atoms in total. The Kier molecular flexibility index (Phi) is 7.13. The molecule has 0 unspecified atom stereocenters. The number of rotatable bonds is 10. The summed E-state index contributed by atoms with van der Waals surface area (Å²) in [4.78, 5) is 14.6. The van der Waals surface area contributed by atoms with Crippen LogP contribution >= 0.6 is 0 Å². The van der Waals surface area contributed by atoms with Crippen LogP contribution in [0.1, 0.15) is 35.6 Å². The maximum Gasteiger partial charge on any atom is 0.251 e. The minimum absolute atomic E-state index is 0.0887. The minimum Gasteiger partial charge on any atom is -0.367 e. The lowest BCUT2D eigenvalue weighted by Crippen LogP contribution is -2.28. The fraction of sp³-hybridized carbons (Fsp3) is 0.429. The van der Waals surface area contributed by atoms with Crippen LogP contribution < -0.4 is 10.6 Å². The van der Waals surface area contributed by atoms with E-state index in [1.54, 1.807) is 4.52 Å². The normalized spacial score (nSPS) is 11.2. The SMILES string of the molecule is CCN(CC)CCNc1ccc2nnc(CCNC(=O)c3cccc(C)c3)n2n1. The first kappa shape index (κ1) is 20.7. The van der Waals surface area contributed by atoms with E-state index in [0.29, 0.717) is 24.2 Å². The highest BCUT2D eigenvalue weighted by atomic mass is 16.1. The third-order valence-corrected chi connectivity index (χ3v) is 4.87.